The minimum Gasteiger partial charge on any atom is -0.466 e. The van der Waals surface area contributed by atoms with E-state index in [9.17, 15) is 18.0 Å². The number of ether oxygens (including phenoxy) is 4. The number of nitrogens with zero attached hydrogens (tertiary/aromatic N) is 1. The molecule has 1 amide bonds. The predicted octanol–water partition coefficient (Wildman–Crippen LogP) is 5.88. The zero-order chi connectivity index (χ0) is 32.9. The molecule has 45 heavy (non-hydrogen) atoms. The van der Waals surface area contributed by atoms with Crippen molar-refractivity contribution in [3.05, 3.63) is 77.0 Å². The fraction of sp³-hybridized carbons (Fsp3) is 0.471. The van der Waals surface area contributed by atoms with E-state index < -0.39 is 46.1 Å². The maximum absolute atomic E-state index is 14.2. The van der Waals surface area contributed by atoms with Crippen LogP contribution in [-0.4, -0.2) is 62.2 Å². The summed E-state index contributed by atoms with van der Waals surface area (Å²) in [5.74, 6) is -0.587. The van der Waals surface area contributed by atoms with E-state index in [2.05, 4.69) is 5.32 Å². The van der Waals surface area contributed by atoms with Gasteiger partial charge in [-0.2, -0.15) is 0 Å². The number of hydrogen-bond acceptors (Lipinski definition) is 8. The van der Waals surface area contributed by atoms with E-state index in [0.717, 1.165) is 18.4 Å². The molecule has 11 heteroatoms. The SMILES string of the molecule is COC(=O)/C=C/[C@@H](OC1CCCCO1)[C@H](Cc1cn(S(=O)(=O)c2c(C)cc(C)cc2C)c2ccccc12)NC(=O)OC(C)(C)C. The first-order chi connectivity index (χ1) is 21.2. The monoisotopic (exact) mass is 640 g/mol. The van der Waals surface area contributed by atoms with E-state index >= 15 is 0 Å². The second kappa shape index (κ2) is 14.2. The average molecular weight is 641 g/mol. The van der Waals surface area contributed by atoms with Crippen LogP contribution in [0.5, 0.6) is 0 Å². The van der Waals surface area contributed by atoms with Gasteiger partial charge in [0.1, 0.15) is 5.60 Å². The number of carbonyl (C=O) groups excluding carboxylic acids is 2. The molecule has 1 N–H and O–H groups in total. The highest BCUT2D eigenvalue weighted by molar-refractivity contribution is 7.90. The van der Waals surface area contributed by atoms with Crippen molar-refractivity contribution in [2.75, 3.05) is 13.7 Å². The number of amides is 1. The average Bonchev–Trinajstić information content (AvgIpc) is 3.33. The van der Waals surface area contributed by atoms with Crippen molar-refractivity contribution >= 4 is 33.0 Å². The van der Waals surface area contributed by atoms with Gasteiger partial charge in [0.15, 0.2) is 6.29 Å². The Bertz CT molecular complexity index is 1640. The highest BCUT2D eigenvalue weighted by Gasteiger charge is 2.31. The summed E-state index contributed by atoms with van der Waals surface area (Å²) in [5.41, 5.74) is 2.68. The Hall–Kier alpha value is -3.67. The van der Waals surface area contributed by atoms with Crippen LogP contribution in [0.3, 0.4) is 0 Å². The van der Waals surface area contributed by atoms with Gasteiger partial charge in [0, 0.05) is 24.3 Å². The first-order valence-electron chi connectivity index (χ1n) is 15.1. The number of fused-ring (bicyclic) bond motifs is 1. The first-order valence-corrected chi connectivity index (χ1v) is 16.6. The molecule has 0 aliphatic carbocycles. The second-order valence-electron chi connectivity index (χ2n) is 12.4. The zero-order valence-corrected chi connectivity index (χ0v) is 27.9. The van der Waals surface area contributed by atoms with Crippen LogP contribution in [0.4, 0.5) is 4.79 Å². The number of carbonyl (C=O) groups is 2. The number of rotatable bonds is 10. The van der Waals surface area contributed by atoms with Crippen LogP contribution < -0.4 is 5.32 Å². The second-order valence-corrected chi connectivity index (χ2v) is 14.2. The third-order valence-corrected chi connectivity index (χ3v) is 9.47. The molecule has 1 unspecified atom stereocenters. The molecule has 0 bridgehead atoms. The lowest BCUT2D eigenvalue weighted by atomic mass is 10.00. The van der Waals surface area contributed by atoms with Crippen LogP contribution in [0.2, 0.25) is 0 Å². The molecule has 4 rings (SSSR count). The van der Waals surface area contributed by atoms with E-state index in [1.165, 1.54) is 23.2 Å². The third kappa shape index (κ3) is 8.53. The van der Waals surface area contributed by atoms with E-state index in [1.807, 2.05) is 31.2 Å². The molecule has 1 aromatic heterocycles. The van der Waals surface area contributed by atoms with Crippen LogP contribution >= 0.6 is 0 Å². The van der Waals surface area contributed by atoms with E-state index in [0.29, 0.717) is 40.6 Å². The van der Waals surface area contributed by atoms with Gasteiger partial charge in [-0.15, -0.1) is 0 Å². The lowest BCUT2D eigenvalue weighted by Gasteiger charge is -2.32. The molecular formula is C34H44N2O8S. The smallest absolute Gasteiger partial charge is 0.407 e. The van der Waals surface area contributed by atoms with Gasteiger partial charge in [-0.3, -0.25) is 0 Å². The Balaban J connectivity index is 1.81. The van der Waals surface area contributed by atoms with Crippen LogP contribution in [0, 0.1) is 20.8 Å². The molecule has 1 aliphatic rings. The van der Waals surface area contributed by atoms with Gasteiger partial charge in [0.25, 0.3) is 10.0 Å². The molecule has 1 aliphatic heterocycles. The summed E-state index contributed by atoms with van der Waals surface area (Å²) < 4.78 is 52.3. The van der Waals surface area contributed by atoms with Crippen molar-refractivity contribution in [3.63, 3.8) is 0 Å². The molecule has 10 nitrogen and oxygen atoms in total. The van der Waals surface area contributed by atoms with Crippen molar-refractivity contribution in [3.8, 4) is 0 Å². The number of nitrogens with one attached hydrogen (secondary N) is 1. The number of benzene rings is 2. The Morgan fingerprint density at radius 1 is 1.11 bits per heavy atom. The molecule has 0 radical (unpaired) electrons. The molecule has 2 heterocycles. The number of esters is 1. The van der Waals surface area contributed by atoms with Crippen LogP contribution in [0.1, 0.15) is 62.3 Å². The highest BCUT2D eigenvalue weighted by atomic mass is 32.2. The first kappa shape index (κ1) is 34.2. The number of hydrogen-bond donors (Lipinski definition) is 1. The van der Waals surface area contributed by atoms with Gasteiger partial charge < -0.3 is 24.3 Å². The molecule has 244 valence electrons. The number of aromatic nitrogens is 1. The van der Waals surface area contributed by atoms with E-state index in [-0.39, 0.29) is 11.3 Å². The largest absolute Gasteiger partial charge is 0.466 e. The lowest BCUT2D eigenvalue weighted by Crippen LogP contribution is -2.48. The number of methoxy groups -OCH3 is 1. The normalized spacial score (nSPS) is 17.3. The Morgan fingerprint density at radius 3 is 2.42 bits per heavy atom. The Kier molecular flexibility index (Phi) is 10.8. The number of aryl methyl sites for hydroxylation is 3. The minimum atomic E-state index is -4.00. The van der Waals surface area contributed by atoms with Crippen LogP contribution in [0.15, 0.2) is 59.6 Å². The highest BCUT2D eigenvalue weighted by Crippen LogP contribution is 2.31. The van der Waals surface area contributed by atoms with Gasteiger partial charge in [-0.25, -0.2) is 22.0 Å². The summed E-state index contributed by atoms with van der Waals surface area (Å²) in [4.78, 5) is 25.5. The van der Waals surface area contributed by atoms with Crippen molar-refractivity contribution in [1.29, 1.82) is 0 Å². The Morgan fingerprint density at radius 2 is 1.80 bits per heavy atom. The van der Waals surface area contributed by atoms with Gasteiger partial charge in [-0.1, -0.05) is 35.9 Å². The molecule has 3 atom stereocenters. The quantitative estimate of drug-likeness (QED) is 0.215. The van der Waals surface area contributed by atoms with Crippen molar-refractivity contribution in [2.24, 2.45) is 0 Å². The summed E-state index contributed by atoms with van der Waals surface area (Å²) in [6.07, 6.45) is 4.91. The molecular weight excluding hydrogens is 596 g/mol. The number of para-hydroxylation sites is 1. The summed E-state index contributed by atoms with van der Waals surface area (Å²) in [5, 5.41) is 3.62. The summed E-state index contributed by atoms with van der Waals surface area (Å²) in [6.45, 7) is 11.3. The molecule has 1 fully saturated rings. The topological polar surface area (TPSA) is 122 Å². The van der Waals surface area contributed by atoms with Gasteiger partial charge in [-0.05, 0) is 96.1 Å². The fourth-order valence-electron chi connectivity index (χ4n) is 5.71. The lowest BCUT2D eigenvalue weighted by molar-refractivity contribution is -0.183. The Labute approximate surface area is 265 Å². The summed E-state index contributed by atoms with van der Waals surface area (Å²) in [7, 11) is -2.72. The summed E-state index contributed by atoms with van der Waals surface area (Å²) in [6, 6.07) is 10.2. The standard InChI is InChI=1S/C34H44N2O8S/c1-22-18-23(2)32(24(3)19-22)45(39,40)36-21-25(26-12-8-9-13-28(26)36)20-27(35-33(38)44-34(4,5)6)29(15-16-30(37)41-7)43-31-14-10-11-17-42-31/h8-9,12-13,15-16,18-19,21,27,29,31H,10-11,14,17,20H2,1-7H3,(H,35,38)/b16-15+/t27-,29+,31?/m0/s1. The molecule has 3 aromatic rings. The predicted molar refractivity (Wildman–Crippen MR) is 172 cm³/mol. The van der Waals surface area contributed by atoms with Gasteiger partial charge in [0.2, 0.25) is 0 Å². The molecule has 0 spiro atoms. The van der Waals surface area contributed by atoms with Gasteiger partial charge >= 0.3 is 12.1 Å². The minimum absolute atomic E-state index is 0.150. The third-order valence-electron chi connectivity index (χ3n) is 7.49. The van der Waals surface area contributed by atoms with E-state index in [4.69, 9.17) is 18.9 Å². The van der Waals surface area contributed by atoms with Crippen LogP contribution in [-0.2, 0) is 40.2 Å². The van der Waals surface area contributed by atoms with Crippen molar-refractivity contribution in [1.82, 2.24) is 9.29 Å². The molecule has 2 aromatic carbocycles. The number of alkyl carbamates (subject to hydrolysis) is 1. The zero-order valence-electron chi connectivity index (χ0n) is 27.1. The molecule has 0 saturated carbocycles. The maximum atomic E-state index is 14.2. The van der Waals surface area contributed by atoms with Crippen LogP contribution in [0.25, 0.3) is 10.9 Å². The summed E-state index contributed by atoms with van der Waals surface area (Å²) >= 11 is 0. The van der Waals surface area contributed by atoms with Crippen molar-refractivity contribution in [2.45, 2.75) is 96.2 Å². The van der Waals surface area contributed by atoms with Gasteiger partial charge in [0.05, 0.1) is 29.7 Å². The maximum Gasteiger partial charge on any atom is 0.407 e. The fourth-order valence-corrected chi connectivity index (χ4v) is 7.52. The van der Waals surface area contributed by atoms with Crippen molar-refractivity contribution < 1.29 is 37.0 Å². The molecule has 1 saturated heterocycles. The van der Waals surface area contributed by atoms with E-state index in [1.54, 1.807) is 52.9 Å².